The summed E-state index contributed by atoms with van der Waals surface area (Å²) in [5.41, 5.74) is 2.24. The van der Waals surface area contributed by atoms with Gasteiger partial charge in [-0.2, -0.15) is 0 Å². The van der Waals surface area contributed by atoms with Crippen molar-refractivity contribution in [3.63, 3.8) is 0 Å². The SMILES string of the molecule is CC(C)(C)NCC1(Cc2ccc(I)cc2)CCC1. The van der Waals surface area contributed by atoms with Crippen molar-refractivity contribution in [2.24, 2.45) is 5.41 Å². The summed E-state index contributed by atoms with van der Waals surface area (Å²) in [5, 5.41) is 3.69. The number of nitrogens with one attached hydrogen (secondary N) is 1. The molecule has 0 aliphatic heterocycles. The molecule has 0 bridgehead atoms. The zero-order valence-electron chi connectivity index (χ0n) is 11.7. The van der Waals surface area contributed by atoms with Crippen molar-refractivity contribution in [3.05, 3.63) is 33.4 Å². The zero-order valence-corrected chi connectivity index (χ0v) is 13.9. The minimum absolute atomic E-state index is 0.231. The van der Waals surface area contributed by atoms with Crippen molar-refractivity contribution < 1.29 is 0 Å². The van der Waals surface area contributed by atoms with E-state index in [0.29, 0.717) is 5.41 Å². The smallest absolute Gasteiger partial charge is 0.0130 e. The van der Waals surface area contributed by atoms with E-state index in [1.54, 1.807) is 0 Å². The van der Waals surface area contributed by atoms with Gasteiger partial charge in [0.25, 0.3) is 0 Å². The Kier molecular flexibility index (Phi) is 4.37. The summed E-state index contributed by atoms with van der Waals surface area (Å²) in [6, 6.07) is 9.02. The largest absolute Gasteiger partial charge is 0.312 e. The predicted molar refractivity (Wildman–Crippen MR) is 86.9 cm³/mol. The molecule has 0 unspecified atom stereocenters. The van der Waals surface area contributed by atoms with Crippen LogP contribution >= 0.6 is 22.6 Å². The van der Waals surface area contributed by atoms with Gasteiger partial charge in [-0.25, -0.2) is 0 Å². The lowest BCUT2D eigenvalue weighted by Crippen LogP contribution is -2.47. The number of halogens is 1. The van der Waals surface area contributed by atoms with Crippen LogP contribution in [0.1, 0.15) is 45.6 Å². The summed E-state index contributed by atoms with van der Waals surface area (Å²) in [6.45, 7) is 7.92. The van der Waals surface area contributed by atoms with Crippen LogP contribution in [0.25, 0.3) is 0 Å². The average molecular weight is 357 g/mol. The van der Waals surface area contributed by atoms with Gasteiger partial charge in [0.1, 0.15) is 0 Å². The van der Waals surface area contributed by atoms with Gasteiger partial charge in [0.2, 0.25) is 0 Å². The molecule has 0 aromatic heterocycles. The van der Waals surface area contributed by atoms with E-state index < -0.39 is 0 Å². The molecule has 1 saturated carbocycles. The van der Waals surface area contributed by atoms with Crippen LogP contribution in [0.4, 0.5) is 0 Å². The second kappa shape index (κ2) is 5.49. The minimum Gasteiger partial charge on any atom is -0.312 e. The van der Waals surface area contributed by atoms with Crippen molar-refractivity contribution >= 4 is 22.6 Å². The molecule has 0 radical (unpaired) electrons. The molecule has 1 aliphatic carbocycles. The highest BCUT2D eigenvalue weighted by Gasteiger charge is 2.37. The fourth-order valence-corrected chi connectivity index (χ4v) is 2.94. The highest BCUT2D eigenvalue weighted by Crippen LogP contribution is 2.43. The molecular weight excluding hydrogens is 333 g/mol. The Hall–Kier alpha value is -0.0900. The average Bonchev–Trinajstić information content (AvgIpc) is 2.23. The van der Waals surface area contributed by atoms with Gasteiger partial charge in [-0.3, -0.25) is 0 Å². The molecule has 100 valence electrons. The lowest BCUT2D eigenvalue weighted by atomic mass is 9.65. The fourth-order valence-electron chi connectivity index (χ4n) is 2.58. The second-order valence-corrected chi connectivity index (χ2v) is 8.01. The molecular formula is C16H24IN. The van der Waals surface area contributed by atoms with Crippen molar-refractivity contribution in [3.8, 4) is 0 Å². The number of hydrogen-bond donors (Lipinski definition) is 1. The standard InChI is InChI=1S/C16H24IN/c1-15(2,3)18-12-16(9-4-10-16)11-13-5-7-14(17)8-6-13/h5-8,18H,4,9-12H2,1-3H3. The maximum absolute atomic E-state index is 3.69. The molecule has 1 aromatic carbocycles. The first-order valence-electron chi connectivity index (χ1n) is 6.88. The summed E-state index contributed by atoms with van der Waals surface area (Å²) in [7, 11) is 0. The molecule has 1 nitrogen and oxygen atoms in total. The van der Waals surface area contributed by atoms with Gasteiger partial charge in [-0.15, -0.1) is 0 Å². The molecule has 1 aromatic rings. The highest BCUT2D eigenvalue weighted by atomic mass is 127. The van der Waals surface area contributed by atoms with Crippen LogP contribution in [0.3, 0.4) is 0 Å². The molecule has 18 heavy (non-hydrogen) atoms. The molecule has 1 N–H and O–H groups in total. The van der Waals surface area contributed by atoms with Crippen LogP contribution in [0.2, 0.25) is 0 Å². The fraction of sp³-hybridized carbons (Fsp3) is 0.625. The Morgan fingerprint density at radius 3 is 2.22 bits per heavy atom. The van der Waals surface area contributed by atoms with E-state index in [4.69, 9.17) is 0 Å². The van der Waals surface area contributed by atoms with Crippen LogP contribution in [0.15, 0.2) is 24.3 Å². The van der Waals surface area contributed by atoms with E-state index in [0.717, 1.165) is 6.54 Å². The van der Waals surface area contributed by atoms with Gasteiger partial charge in [0, 0.05) is 15.7 Å². The molecule has 2 rings (SSSR count). The summed E-state index contributed by atoms with van der Waals surface area (Å²) in [4.78, 5) is 0. The van der Waals surface area contributed by atoms with Gasteiger partial charge >= 0.3 is 0 Å². The molecule has 2 heteroatoms. The molecule has 1 aliphatic rings. The van der Waals surface area contributed by atoms with E-state index in [9.17, 15) is 0 Å². The van der Waals surface area contributed by atoms with Crippen LogP contribution in [0.5, 0.6) is 0 Å². The monoisotopic (exact) mass is 357 g/mol. The van der Waals surface area contributed by atoms with Gasteiger partial charge in [-0.05, 0) is 85.7 Å². The third kappa shape index (κ3) is 3.95. The Labute approximate surface area is 125 Å². The van der Waals surface area contributed by atoms with E-state index in [2.05, 4.69) is 72.9 Å². The van der Waals surface area contributed by atoms with E-state index in [1.807, 2.05) is 0 Å². The first-order valence-corrected chi connectivity index (χ1v) is 7.96. The molecule has 0 spiro atoms. The van der Waals surface area contributed by atoms with E-state index in [-0.39, 0.29) is 5.54 Å². The van der Waals surface area contributed by atoms with Crippen LogP contribution in [-0.2, 0) is 6.42 Å². The third-order valence-corrected chi connectivity index (χ3v) is 4.62. The summed E-state index contributed by atoms with van der Waals surface area (Å²) >= 11 is 2.37. The highest BCUT2D eigenvalue weighted by molar-refractivity contribution is 14.1. The normalized spacial score (nSPS) is 18.4. The Balaban J connectivity index is 1.98. The van der Waals surface area contributed by atoms with E-state index in [1.165, 1.54) is 34.8 Å². The first-order chi connectivity index (χ1) is 8.39. The van der Waals surface area contributed by atoms with Gasteiger partial charge in [0.05, 0.1) is 0 Å². The molecule has 1 fully saturated rings. The Morgan fingerprint density at radius 1 is 1.17 bits per heavy atom. The molecule has 0 saturated heterocycles. The lowest BCUT2D eigenvalue weighted by Gasteiger charge is -2.44. The molecule has 0 amide bonds. The zero-order chi connectivity index (χ0) is 13.2. The van der Waals surface area contributed by atoms with Gasteiger partial charge in [0.15, 0.2) is 0 Å². The first kappa shape index (κ1) is 14.3. The Bertz CT molecular complexity index is 385. The summed E-state index contributed by atoms with van der Waals surface area (Å²) < 4.78 is 1.33. The van der Waals surface area contributed by atoms with Crippen LogP contribution in [-0.4, -0.2) is 12.1 Å². The topological polar surface area (TPSA) is 12.0 Å². The van der Waals surface area contributed by atoms with Gasteiger partial charge < -0.3 is 5.32 Å². The molecule has 0 heterocycles. The summed E-state index contributed by atoms with van der Waals surface area (Å²) in [5.74, 6) is 0. The predicted octanol–water partition coefficient (Wildman–Crippen LogP) is 4.39. The van der Waals surface area contributed by atoms with Crippen molar-refractivity contribution in [1.82, 2.24) is 5.32 Å². The van der Waals surface area contributed by atoms with E-state index >= 15 is 0 Å². The second-order valence-electron chi connectivity index (χ2n) is 6.76. The van der Waals surface area contributed by atoms with Crippen molar-refractivity contribution in [1.29, 1.82) is 0 Å². The number of hydrogen-bond acceptors (Lipinski definition) is 1. The maximum atomic E-state index is 3.69. The number of benzene rings is 1. The third-order valence-electron chi connectivity index (χ3n) is 3.90. The quantitative estimate of drug-likeness (QED) is 0.788. The van der Waals surface area contributed by atoms with Crippen LogP contribution < -0.4 is 5.32 Å². The number of rotatable bonds is 4. The minimum atomic E-state index is 0.231. The van der Waals surface area contributed by atoms with Crippen LogP contribution in [0, 0.1) is 8.99 Å². The Morgan fingerprint density at radius 2 is 1.78 bits per heavy atom. The lowest BCUT2D eigenvalue weighted by molar-refractivity contribution is 0.118. The molecule has 0 atom stereocenters. The van der Waals surface area contributed by atoms with Crippen molar-refractivity contribution in [2.45, 2.75) is 52.0 Å². The van der Waals surface area contributed by atoms with Crippen molar-refractivity contribution in [2.75, 3.05) is 6.54 Å². The van der Waals surface area contributed by atoms with Gasteiger partial charge in [-0.1, -0.05) is 18.6 Å². The summed E-state index contributed by atoms with van der Waals surface area (Å²) in [6.07, 6.45) is 5.38. The maximum Gasteiger partial charge on any atom is 0.0130 e.